The number of halogens is 4. The normalized spacial score (nSPS) is 12.3. The molecule has 11 heteroatoms. The van der Waals surface area contributed by atoms with E-state index in [1.54, 1.807) is 67.6 Å². The van der Waals surface area contributed by atoms with Crippen LogP contribution in [0.15, 0.2) is 114 Å². The molecule has 1 unspecified atom stereocenters. The zero-order valence-electron chi connectivity index (χ0n) is 22.6. The fraction of sp³-hybridized carbons (Fsp3) is 0.0938. The van der Waals surface area contributed by atoms with E-state index in [1.165, 1.54) is 42.5 Å². The highest BCUT2D eigenvalue weighted by atomic mass is 32.2. The van der Waals surface area contributed by atoms with Gasteiger partial charge in [-0.2, -0.15) is 13.2 Å². The second-order valence-electron chi connectivity index (χ2n) is 9.17. The standard InChI is InChI=1S/C32H25F4N3O3S/c1-20(29(40)38-27-14-8-6-12-25(27)32(34,35)36)43-24-17-15-23(16-18-24)37-31(42)28(19-22-11-5-7-13-26(22)33)39-30(41)21-9-3-2-4-10-21/h2-20H,1H3,(H,37,42)(H,38,40)(H,39,41)/b28-19-. The summed E-state index contributed by atoms with van der Waals surface area (Å²) in [4.78, 5) is 39.2. The van der Waals surface area contributed by atoms with Crippen LogP contribution in [0.2, 0.25) is 0 Å². The Labute approximate surface area is 249 Å². The number of thioether (sulfide) groups is 1. The Bertz CT molecular complexity index is 1640. The Kier molecular flexibility index (Phi) is 9.99. The molecule has 0 bridgehead atoms. The van der Waals surface area contributed by atoms with Crippen molar-refractivity contribution in [2.75, 3.05) is 10.6 Å². The van der Waals surface area contributed by atoms with E-state index in [0.717, 1.165) is 17.8 Å². The number of amides is 3. The van der Waals surface area contributed by atoms with Crippen LogP contribution in [0.1, 0.15) is 28.4 Å². The molecule has 0 aliphatic carbocycles. The average molecular weight is 608 g/mol. The molecule has 3 amide bonds. The van der Waals surface area contributed by atoms with Crippen LogP contribution in [0.5, 0.6) is 0 Å². The molecule has 0 heterocycles. The predicted molar refractivity (Wildman–Crippen MR) is 159 cm³/mol. The second-order valence-corrected chi connectivity index (χ2v) is 10.6. The van der Waals surface area contributed by atoms with Gasteiger partial charge < -0.3 is 16.0 Å². The summed E-state index contributed by atoms with van der Waals surface area (Å²) in [5.41, 5.74) is -0.719. The molecule has 0 saturated carbocycles. The van der Waals surface area contributed by atoms with Gasteiger partial charge in [0.15, 0.2) is 0 Å². The van der Waals surface area contributed by atoms with Crippen molar-refractivity contribution in [1.82, 2.24) is 5.32 Å². The van der Waals surface area contributed by atoms with Crippen molar-refractivity contribution in [3.05, 3.63) is 131 Å². The fourth-order valence-electron chi connectivity index (χ4n) is 3.84. The molecule has 4 aromatic rings. The van der Waals surface area contributed by atoms with E-state index >= 15 is 0 Å². The Hall–Kier alpha value is -4.90. The van der Waals surface area contributed by atoms with Gasteiger partial charge in [-0.25, -0.2) is 4.39 Å². The third kappa shape index (κ3) is 8.55. The van der Waals surface area contributed by atoms with Crippen molar-refractivity contribution >= 4 is 46.9 Å². The third-order valence-corrected chi connectivity index (χ3v) is 7.13. The smallest absolute Gasteiger partial charge is 0.325 e. The Morgan fingerprint density at radius 2 is 1.42 bits per heavy atom. The Morgan fingerprint density at radius 1 is 0.791 bits per heavy atom. The zero-order valence-corrected chi connectivity index (χ0v) is 23.4. The van der Waals surface area contributed by atoms with Crippen molar-refractivity contribution in [3.8, 4) is 0 Å². The summed E-state index contributed by atoms with van der Waals surface area (Å²) in [5.74, 6) is -2.46. The molecule has 0 spiro atoms. The van der Waals surface area contributed by atoms with E-state index in [-0.39, 0.29) is 16.9 Å². The molecule has 1 atom stereocenters. The second kappa shape index (κ2) is 13.8. The number of hydrogen-bond donors (Lipinski definition) is 3. The Morgan fingerprint density at radius 3 is 2.09 bits per heavy atom. The number of benzene rings is 4. The SMILES string of the molecule is CC(Sc1ccc(NC(=O)/C(=C/c2ccccc2F)NC(=O)c2ccccc2)cc1)C(=O)Nc1ccccc1C(F)(F)F. The van der Waals surface area contributed by atoms with Gasteiger partial charge in [0.05, 0.1) is 16.5 Å². The first kappa shape index (κ1) is 31.0. The van der Waals surface area contributed by atoms with E-state index in [0.29, 0.717) is 16.1 Å². The maximum Gasteiger partial charge on any atom is 0.418 e. The van der Waals surface area contributed by atoms with Crippen LogP contribution in [0.4, 0.5) is 28.9 Å². The van der Waals surface area contributed by atoms with Gasteiger partial charge in [-0.15, -0.1) is 11.8 Å². The molecule has 4 rings (SSSR count). The maximum absolute atomic E-state index is 14.3. The molecule has 3 N–H and O–H groups in total. The summed E-state index contributed by atoms with van der Waals surface area (Å²) in [5, 5.41) is 6.78. The van der Waals surface area contributed by atoms with Gasteiger partial charge in [-0.05, 0) is 67.6 Å². The van der Waals surface area contributed by atoms with Gasteiger partial charge in [-0.3, -0.25) is 14.4 Å². The molecule has 6 nitrogen and oxygen atoms in total. The van der Waals surface area contributed by atoms with Crippen LogP contribution in [0.25, 0.3) is 6.08 Å². The van der Waals surface area contributed by atoms with Crippen LogP contribution in [0.3, 0.4) is 0 Å². The number of nitrogens with one attached hydrogen (secondary N) is 3. The first-order valence-electron chi connectivity index (χ1n) is 12.9. The highest BCUT2D eigenvalue weighted by Crippen LogP contribution is 2.35. The van der Waals surface area contributed by atoms with E-state index in [2.05, 4.69) is 16.0 Å². The fourth-order valence-corrected chi connectivity index (χ4v) is 4.70. The van der Waals surface area contributed by atoms with Gasteiger partial charge in [0.1, 0.15) is 11.5 Å². The minimum Gasteiger partial charge on any atom is -0.325 e. The number of carbonyl (C=O) groups is 3. The van der Waals surface area contributed by atoms with Crippen molar-refractivity contribution in [2.24, 2.45) is 0 Å². The van der Waals surface area contributed by atoms with Crippen molar-refractivity contribution in [1.29, 1.82) is 0 Å². The number of anilines is 2. The summed E-state index contributed by atoms with van der Waals surface area (Å²) in [6.07, 6.45) is -3.39. The highest BCUT2D eigenvalue weighted by molar-refractivity contribution is 8.00. The highest BCUT2D eigenvalue weighted by Gasteiger charge is 2.34. The van der Waals surface area contributed by atoms with Crippen LogP contribution < -0.4 is 16.0 Å². The van der Waals surface area contributed by atoms with Crippen LogP contribution in [0, 0.1) is 5.82 Å². The van der Waals surface area contributed by atoms with E-state index in [1.807, 2.05) is 0 Å². The van der Waals surface area contributed by atoms with Gasteiger partial charge in [-0.1, -0.05) is 48.5 Å². The summed E-state index contributed by atoms with van der Waals surface area (Å²) < 4.78 is 54.1. The molecular formula is C32H25F4N3O3S. The minimum atomic E-state index is -4.62. The molecule has 220 valence electrons. The monoisotopic (exact) mass is 607 g/mol. The molecule has 0 saturated heterocycles. The number of hydrogen-bond acceptors (Lipinski definition) is 4. The molecule has 0 aliphatic heterocycles. The third-order valence-electron chi connectivity index (χ3n) is 6.02. The number of para-hydroxylation sites is 1. The van der Waals surface area contributed by atoms with Gasteiger partial charge in [0.25, 0.3) is 11.8 Å². The lowest BCUT2D eigenvalue weighted by molar-refractivity contribution is -0.137. The van der Waals surface area contributed by atoms with E-state index in [9.17, 15) is 31.9 Å². The van der Waals surface area contributed by atoms with Crippen molar-refractivity contribution in [3.63, 3.8) is 0 Å². The lowest BCUT2D eigenvalue weighted by Gasteiger charge is -2.16. The maximum atomic E-state index is 14.3. The summed E-state index contributed by atoms with van der Waals surface area (Å²) in [6, 6.07) is 25.1. The molecule has 4 aromatic carbocycles. The first-order valence-corrected chi connectivity index (χ1v) is 13.8. The average Bonchev–Trinajstić information content (AvgIpc) is 2.99. The van der Waals surface area contributed by atoms with Crippen molar-refractivity contribution in [2.45, 2.75) is 23.2 Å². The largest absolute Gasteiger partial charge is 0.418 e. The molecule has 0 aromatic heterocycles. The molecular weight excluding hydrogens is 582 g/mol. The van der Waals surface area contributed by atoms with Gasteiger partial charge >= 0.3 is 6.18 Å². The van der Waals surface area contributed by atoms with Gasteiger partial charge in [0.2, 0.25) is 5.91 Å². The summed E-state index contributed by atoms with van der Waals surface area (Å²) in [6.45, 7) is 1.56. The van der Waals surface area contributed by atoms with E-state index < -0.39 is 40.5 Å². The summed E-state index contributed by atoms with van der Waals surface area (Å²) >= 11 is 1.11. The zero-order chi connectivity index (χ0) is 31.0. The number of rotatable bonds is 9. The van der Waals surface area contributed by atoms with E-state index in [4.69, 9.17) is 0 Å². The lowest BCUT2D eigenvalue weighted by Crippen LogP contribution is -2.30. The Balaban J connectivity index is 1.44. The quantitative estimate of drug-likeness (QED) is 0.105. The van der Waals surface area contributed by atoms with Gasteiger partial charge in [0, 0.05) is 21.7 Å². The van der Waals surface area contributed by atoms with Crippen molar-refractivity contribution < 1.29 is 31.9 Å². The minimum absolute atomic E-state index is 0.0953. The molecule has 0 radical (unpaired) electrons. The first-order chi connectivity index (χ1) is 20.5. The molecule has 0 aliphatic rings. The number of alkyl halides is 3. The van der Waals surface area contributed by atoms with Crippen LogP contribution in [-0.4, -0.2) is 23.0 Å². The summed E-state index contributed by atoms with van der Waals surface area (Å²) in [7, 11) is 0. The van der Waals surface area contributed by atoms with Crippen LogP contribution in [-0.2, 0) is 15.8 Å². The lowest BCUT2D eigenvalue weighted by atomic mass is 10.1. The molecule has 43 heavy (non-hydrogen) atoms. The predicted octanol–water partition coefficient (Wildman–Crippen LogP) is 7.37. The topological polar surface area (TPSA) is 87.3 Å². The number of carbonyl (C=O) groups excluding carboxylic acids is 3. The van der Waals surface area contributed by atoms with Crippen LogP contribution >= 0.6 is 11.8 Å². The molecule has 0 fully saturated rings.